The third kappa shape index (κ3) is 5.93. The maximum atomic E-state index is 12.5. The number of amides is 1. The first-order chi connectivity index (χ1) is 10.2. The standard InChI is InChI=1S/C16H21Br2NO3.ClH/c1-16(2,3)22-15(21)19-5-4-13(20)9-14(19)10-6-11(17)8-12(18)7-10;/h6-8,13-14,20H,4-5,9H2,1-3H3;1H. The third-order valence-corrected chi connectivity index (χ3v) is 4.39. The van der Waals surface area contributed by atoms with Gasteiger partial charge in [-0.1, -0.05) is 31.9 Å². The average Bonchev–Trinajstić information content (AvgIpc) is 2.35. The summed E-state index contributed by atoms with van der Waals surface area (Å²) in [5.41, 5.74) is 0.445. The Kier molecular flexibility index (Phi) is 7.38. The number of hydrogen-bond acceptors (Lipinski definition) is 3. The van der Waals surface area contributed by atoms with E-state index in [1.165, 1.54) is 0 Å². The summed E-state index contributed by atoms with van der Waals surface area (Å²) in [7, 11) is 0. The van der Waals surface area contributed by atoms with Crippen molar-refractivity contribution in [3.63, 3.8) is 0 Å². The van der Waals surface area contributed by atoms with Gasteiger partial charge in [-0.25, -0.2) is 4.79 Å². The van der Waals surface area contributed by atoms with Crippen LogP contribution >= 0.6 is 44.3 Å². The zero-order chi connectivity index (χ0) is 16.5. The summed E-state index contributed by atoms with van der Waals surface area (Å²) in [6, 6.07) is 5.71. The van der Waals surface area contributed by atoms with Gasteiger partial charge in [-0.15, -0.1) is 12.4 Å². The van der Waals surface area contributed by atoms with E-state index in [2.05, 4.69) is 31.9 Å². The lowest BCUT2D eigenvalue weighted by atomic mass is 9.94. The molecule has 0 radical (unpaired) electrons. The predicted octanol–water partition coefficient (Wildman–Crippen LogP) is 5.07. The number of aliphatic hydroxyl groups excluding tert-OH is 1. The van der Waals surface area contributed by atoms with Crippen molar-refractivity contribution >= 4 is 50.4 Å². The number of hydrogen-bond donors (Lipinski definition) is 1. The van der Waals surface area contributed by atoms with E-state index in [1.807, 2.05) is 39.0 Å². The molecule has 2 atom stereocenters. The minimum absolute atomic E-state index is 0. The molecule has 1 heterocycles. The average molecular weight is 472 g/mol. The molecule has 0 aromatic heterocycles. The molecule has 1 aromatic carbocycles. The van der Waals surface area contributed by atoms with Gasteiger partial charge in [0.25, 0.3) is 0 Å². The van der Waals surface area contributed by atoms with Crippen LogP contribution in [0.1, 0.15) is 45.2 Å². The molecule has 1 aromatic rings. The Morgan fingerprint density at radius 2 is 1.83 bits per heavy atom. The molecule has 1 aliphatic rings. The largest absolute Gasteiger partial charge is 0.444 e. The van der Waals surface area contributed by atoms with E-state index in [1.54, 1.807) is 4.90 Å². The fourth-order valence-electron chi connectivity index (χ4n) is 2.57. The van der Waals surface area contributed by atoms with Crippen LogP contribution in [0.25, 0.3) is 0 Å². The van der Waals surface area contributed by atoms with E-state index in [-0.39, 0.29) is 24.5 Å². The summed E-state index contributed by atoms with van der Waals surface area (Å²) in [6.07, 6.45) is 0.356. The van der Waals surface area contributed by atoms with Crippen LogP contribution in [0, 0.1) is 0 Å². The number of carbonyl (C=O) groups excluding carboxylic acids is 1. The van der Waals surface area contributed by atoms with Gasteiger partial charge in [-0.3, -0.25) is 0 Å². The summed E-state index contributed by atoms with van der Waals surface area (Å²) in [6.45, 7) is 6.06. The highest BCUT2D eigenvalue weighted by molar-refractivity contribution is 9.11. The number of piperidine rings is 1. The van der Waals surface area contributed by atoms with Crippen LogP contribution in [-0.2, 0) is 4.74 Å². The highest BCUT2D eigenvalue weighted by Crippen LogP contribution is 2.35. The van der Waals surface area contributed by atoms with Crippen LogP contribution in [0.15, 0.2) is 27.1 Å². The predicted molar refractivity (Wildman–Crippen MR) is 100 cm³/mol. The molecule has 0 aliphatic carbocycles. The van der Waals surface area contributed by atoms with E-state index in [4.69, 9.17) is 4.74 Å². The number of aliphatic hydroxyl groups is 1. The van der Waals surface area contributed by atoms with Crippen molar-refractivity contribution in [2.24, 2.45) is 0 Å². The smallest absolute Gasteiger partial charge is 0.410 e. The van der Waals surface area contributed by atoms with E-state index in [0.717, 1.165) is 14.5 Å². The minimum atomic E-state index is -0.532. The lowest BCUT2D eigenvalue weighted by molar-refractivity contribution is -0.00844. The fourth-order valence-corrected chi connectivity index (χ4v) is 3.90. The maximum Gasteiger partial charge on any atom is 0.410 e. The van der Waals surface area contributed by atoms with Gasteiger partial charge in [0.2, 0.25) is 0 Å². The van der Waals surface area contributed by atoms with Crippen molar-refractivity contribution in [1.82, 2.24) is 4.90 Å². The SMILES string of the molecule is CC(C)(C)OC(=O)N1CCC(O)CC1c1cc(Br)cc(Br)c1.Cl. The van der Waals surface area contributed by atoms with Crippen LogP contribution in [0.2, 0.25) is 0 Å². The van der Waals surface area contributed by atoms with Gasteiger partial charge in [0, 0.05) is 15.5 Å². The Morgan fingerprint density at radius 1 is 1.26 bits per heavy atom. The molecule has 2 unspecified atom stereocenters. The lowest BCUT2D eigenvalue weighted by Gasteiger charge is -2.39. The van der Waals surface area contributed by atoms with Crippen LogP contribution in [0.4, 0.5) is 4.79 Å². The van der Waals surface area contributed by atoms with Gasteiger partial charge >= 0.3 is 6.09 Å². The second kappa shape index (κ2) is 8.19. The van der Waals surface area contributed by atoms with Crippen LogP contribution in [0.3, 0.4) is 0 Å². The number of ether oxygens (including phenoxy) is 1. The number of halogens is 3. The highest BCUT2D eigenvalue weighted by atomic mass is 79.9. The molecule has 23 heavy (non-hydrogen) atoms. The lowest BCUT2D eigenvalue weighted by Crippen LogP contribution is -2.45. The van der Waals surface area contributed by atoms with Gasteiger partial charge in [0.1, 0.15) is 5.60 Å². The second-order valence-corrected chi connectivity index (χ2v) is 8.40. The molecule has 130 valence electrons. The van der Waals surface area contributed by atoms with Gasteiger partial charge in [-0.05, 0) is 57.4 Å². The van der Waals surface area contributed by atoms with E-state index in [9.17, 15) is 9.90 Å². The van der Waals surface area contributed by atoms with Crippen molar-refractivity contribution in [2.75, 3.05) is 6.54 Å². The topological polar surface area (TPSA) is 49.8 Å². The number of likely N-dealkylation sites (tertiary alicyclic amines) is 1. The van der Waals surface area contributed by atoms with Crippen LogP contribution in [-0.4, -0.2) is 34.3 Å². The summed E-state index contributed by atoms with van der Waals surface area (Å²) >= 11 is 6.95. The molecule has 1 fully saturated rings. The third-order valence-electron chi connectivity index (χ3n) is 3.47. The summed E-state index contributed by atoms with van der Waals surface area (Å²) in [5, 5.41) is 10.0. The van der Waals surface area contributed by atoms with Gasteiger partial charge in [-0.2, -0.15) is 0 Å². The van der Waals surface area contributed by atoms with Gasteiger partial charge < -0.3 is 14.7 Å². The molecular weight excluding hydrogens is 449 g/mol. The highest BCUT2D eigenvalue weighted by Gasteiger charge is 2.34. The van der Waals surface area contributed by atoms with Crippen LogP contribution in [0.5, 0.6) is 0 Å². The Bertz CT molecular complexity index is 542. The first-order valence-corrected chi connectivity index (χ1v) is 8.88. The van der Waals surface area contributed by atoms with Gasteiger partial charge in [0.05, 0.1) is 12.1 Å². The zero-order valence-electron chi connectivity index (χ0n) is 13.4. The van der Waals surface area contributed by atoms with Crippen LogP contribution < -0.4 is 0 Å². The van der Waals surface area contributed by atoms with Crippen molar-refractivity contribution in [3.05, 3.63) is 32.7 Å². The molecule has 2 rings (SSSR count). The fraction of sp³-hybridized carbons (Fsp3) is 0.562. The van der Waals surface area contributed by atoms with Crippen molar-refractivity contribution in [1.29, 1.82) is 0 Å². The number of nitrogens with zero attached hydrogens (tertiary/aromatic N) is 1. The van der Waals surface area contributed by atoms with E-state index >= 15 is 0 Å². The Labute approximate surface area is 160 Å². The molecule has 0 saturated carbocycles. The molecule has 0 bridgehead atoms. The second-order valence-electron chi connectivity index (χ2n) is 6.57. The Balaban J connectivity index is 0.00000264. The summed E-state index contributed by atoms with van der Waals surface area (Å²) in [5.74, 6) is 0. The maximum absolute atomic E-state index is 12.5. The van der Waals surface area contributed by atoms with Crippen molar-refractivity contribution in [3.8, 4) is 0 Å². The minimum Gasteiger partial charge on any atom is -0.444 e. The van der Waals surface area contributed by atoms with Gasteiger partial charge in [0.15, 0.2) is 0 Å². The van der Waals surface area contributed by atoms with Crippen molar-refractivity contribution in [2.45, 2.75) is 51.4 Å². The number of rotatable bonds is 1. The van der Waals surface area contributed by atoms with E-state index < -0.39 is 11.7 Å². The molecule has 1 aliphatic heterocycles. The Morgan fingerprint density at radius 3 is 2.35 bits per heavy atom. The normalized spacial score (nSPS) is 21.6. The van der Waals surface area contributed by atoms with E-state index in [0.29, 0.717) is 19.4 Å². The molecular formula is C16H22Br2ClNO3. The Hall–Kier alpha value is -0.300. The molecule has 0 spiro atoms. The number of carbonyl (C=O) groups is 1. The summed E-state index contributed by atoms with van der Waals surface area (Å²) in [4.78, 5) is 14.2. The molecule has 1 amide bonds. The first-order valence-electron chi connectivity index (χ1n) is 7.29. The molecule has 4 nitrogen and oxygen atoms in total. The number of benzene rings is 1. The molecule has 7 heteroatoms. The van der Waals surface area contributed by atoms with Crippen molar-refractivity contribution < 1.29 is 14.6 Å². The zero-order valence-corrected chi connectivity index (χ0v) is 17.4. The quantitative estimate of drug-likeness (QED) is 0.622. The summed E-state index contributed by atoms with van der Waals surface area (Å²) < 4.78 is 7.37. The molecule has 1 saturated heterocycles. The molecule has 1 N–H and O–H groups in total. The first kappa shape index (κ1) is 20.7. The monoisotopic (exact) mass is 469 g/mol.